The van der Waals surface area contributed by atoms with Gasteiger partial charge in [0.2, 0.25) is 5.88 Å². The number of hydrogen-bond acceptors (Lipinski definition) is 4. The highest BCUT2D eigenvalue weighted by Gasteiger charge is 2.18. The minimum atomic E-state index is -0.164. The molecule has 0 fully saturated rings. The number of carbonyl (C=O) groups excluding carboxylic acids is 1. The largest absolute Gasteiger partial charge is 0.480 e. The Labute approximate surface area is 146 Å². The molecule has 0 saturated heterocycles. The molecule has 0 saturated carbocycles. The van der Waals surface area contributed by atoms with E-state index in [-0.39, 0.29) is 5.91 Å². The summed E-state index contributed by atoms with van der Waals surface area (Å²) in [6, 6.07) is 23.1. The summed E-state index contributed by atoms with van der Waals surface area (Å²) in [5.41, 5.74) is 2.43. The predicted molar refractivity (Wildman–Crippen MR) is 95.0 cm³/mol. The smallest absolute Gasteiger partial charge is 0.274 e. The van der Waals surface area contributed by atoms with Crippen molar-refractivity contribution in [2.24, 2.45) is 0 Å². The molecule has 0 N–H and O–H groups in total. The van der Waals surface area contributed by atoms with Gasteiger partial charge in [-0.05, 0) is 17.2 Å². The van der Waals surface area contributed by atoms with E-state index in [0.717, 1.165) is 11.1 Å². The lowest BCUT2D eigenvalue weighted by Gasteiger charge is -2.22. The summed E-state index contributed by atoms with van der Waals surface area (Å²) in [6.45, 7) is 1.00. The maximum absolute atomic E-state index is 12.9. The van der Waals surface area contributed by atoms with E-state index in [0.29, 0.717) is 24.7 Å². The van der Waals surface area contributed by atoms with Crippen LogP contribution in [-0.2, 0) is 13.1 Å². The number of aromatic nitrogens is 2. The molecule has 0 unspecified atom stereocenters. The Bertz CT molecular complexity index is 764. The fourth-order valence-electron chi connectivity index (χ4n) is 2.51. The van der Waals surface area contributed by atoms with Crippen molar-refractivity contribution in [3.8, 4) is 5.88 Å². The molecule has 3 rings (SSSR count). The van der Waals surface area contributed by atoms with Crippen molar-refractivity contribution in [3.05, 3.63) is 89.6 Å². The van der Waals surface area contributed by atoms with Gasteiger partial charge >= 0.3 is 0 Å². The highest BCUT2D eigenvalue weighted by Crippen LogP contribution is 2.14. The van der Waals surface area contributed by atoms with E-state index in [4.69, 9.17) is 4.74 Å². The van der Waals surface area contributed by atoms with E-state index < -0.39 is 0 Å². The predicted octanol–water partition coefficient (Wildman–Crippen LogP) is 3.33. The van der Waals surface area contributed by atoms with Crippen molar-refractivity contribution >= 4 is 5.91 Å². The average Bonchev–Trinajstić information content (AvgIpc) is 2.68. The number of rotatable bonds is 6. The SMILES string of the molecule is COc1ccc(C(=O)N(Cc2ccccc2)Cc2ccccc2)nn1. The van der Waals surface area contributed by atoms with Gasteiger partial charge in [0.25, 0.3) is 5.91 Å². The van der Waals surface area contributed by atoms with E-state index in [1.807, 2.05) is 60.7 Å². The zero-order chi connectivity index (χ0) is 17.5. The third-order valence-corrected chi connectivity index (χ3v) is 3.79. The van der Waals surface area contributed by atoms with Crippen LogP contribution in [0.5, 0.6) is 5.88 Å². The molecule has 1 aromatic heterocycles. The maximum Gasteiger partial charge on any atom is 0.274 e. The number of methoxy groups -OCH3 is 1. The molecule has 0 aliphatic carbocycles. The monoisotopic (exact) mass is 333 g/mol. The van der Waals surface area contributed by atoms with Crippen LogP contribution in [0.25, 0.3) is 0 Å². The molecule has 2 aromatic carbocycles. The number of amides is 1. The molecule has 1 amide bonds. The lowest BCUT2D eigenvalue weighted by atomic mass is 10.1. The number of carbonyl (C=O) groups is 1. The summed E-state index contributed by atoms with van der Waals surface area (Å²) in [4.78, 5) is 14.7. The van der Waals surface area contributed by atoms with Crippen molar-refractivity contribution in [2.75, 3.05) is 7.11 Å². The van der Waals surface area contributed by atoms with Gasteiger partial charge in [-0.3, -0.25) is 4.79 Å². The molecule has 5 nitrogen and oxygen atoms in total. The van der Waals surface area contributed by atoms with Gasteiger partial charge < -0.3 is 9.64 Å². The van der Waals surface area contributed by atoms with E-state index in [2.05, 4.69) is 10.2 Å². The molecular weight excluding hydrogens is 314 g/mol. The molecule has 0 aliphatic rings. The van der Waals surface area contributed by atoms with Crippen LogP contribution in [0.3, 0.4) is 0 Å². The normalized spacial score (nSPS) is 10.3. The zero-order valence-corrected chi connectivity index (χ0v) is 14.0. The summed E-state index contributed by atoms with van der Waals surface area (Å²) in [6.07, 6.45) is 0. The van der Waals surface area contributed by atoms with Crippen LogP contribution in [0.15, 0.2) is 72.8 Å². The quantitative estimate of drug-likeness (QED) is 0.694. The molecule has 5 heteroatoms. The Morgan fingerprint density at radius 2 is 1.40 bits per heavy atom. The first-order valence-corrected chi connectivity index (χ1v) is 8.01. The Morgan fingerprint density at radius 3 is 1.84 bits per heavy atom. The molecule has 3 aromatic rings. The second-order valence-corrected chi connectivity index (χ2v) is 5.59. The Balaban J connectivity index is 1.84. The highest BCUT2D eigenvalue weighted by atomic mass is 16.5. The standard InChI is InChI=1S/C20H19N3O2/c1-25-19-13-12-18(21-22-19)20(24)23(14-16-8-4-2-5-9-16)15-17-10-6-3-7-11-17/h2-13H,14-15H2,1H3. The average molecular weight is 333 g/mol. The van der Waals surface area contributed by atoms with Crippen molar-refractivity contribution in [1.29, 1.82) is 0 Å². The van der Waals surface area contributed by atoms with Gasteiger partial charge in [-0.2, -0.15) is 0 Å². The molecular formula is C20H19N3O2. The molecule has 0 radical (unpaired) electrons. The number of ether oxygens (including phenoxy) is 1. The van der Waals surface area contributed by atoms with Crippen LogP contribution < -0.4 is 4.74 Å². The van der Waals surface area contributed by atoms with Crippen molar-refractivity contribution < 1.29 is 9.53 Å². The minimum Gasteiger partial charge on any atom is -0.480 e. The second-order valence-electron chi connectivity index (χ2n) is 5.59. The summed E-state index contributed by atoms with van der Waals surface area (Å²) in [5, 5.41) is 7.88. The number of hydrogen-bond donors (Lipinski definition) is 0. The molecule has 1 heterocycles. The van der Waals surface area contributed by atoms with Gasteiger partial charge in [0.05, 0.1) is 7.11 Å². The number of benzene rings is 2. The maximum atomic E-state index is 12.9. The van der Waals surface area contributed by atoms with Crippen molar-refractivity contribution in [1.82, 2.24) is 15.1 Å². The molecule has 126 valence electrons. The fourth-order valence-corrected chi connectivity index (χ4v) is 2.51. The molecule has 0 atom stereocenters. The third kappa shape index (κ3) is 4.41. The van der Waals surface area contributed by atoms with Gasteiger partial charge in [-0.1, -0.05) is 60.7 Å². The Hall–Kier alpha value is -3.21. The molecule has 0 bridgehead atoms. The topological polar surface area (TPSA) is 55.3 Å². The van der Waals surface area contributed by atoms with Gasteiger partial charge in [0.1, 0.15) is 0 Å². The minimum absolute atomic E-state index is 0.164. The van der Waals surface area contributed by atoms with Gasteiger partial charge in [0.15, 0.2) is 5.69 Å². The molecule has 0 spiro atoms. The summed E-state index contributed by atoms with van der Waals surface area (Å²) in [5.74, 6) is 0.220. The van der Waals surface area contributed by atoms with E-state index >= 15 is 0 Å². The van der Waals surface area contributed by atoms with Crippen LogP contribution in [0.2, 0.25) is 0 Å². The lowest BCUT2D eigenvalue weighted by Crippen LogP contribution is -2.31. The molecule has 25 heavy (non-hydrogen) atoms. The second kappa shape index (κ2) is 8.06. The van der Waals surface area contributed by atoms with Gasteiger partial charge in [-0.15, -0.1) is 10.2 Å². The van der Waals surface area contributed by atoms with E-state index in [9.17, 15) is 4.79 Å². The fraction of sp³-hybridized carbons (Fsp3) is 0.150. The first-order chi connectivity index (χ1) is 12.3. The lowest BCUT2D eigenvalue weighted by molar-refractivity contribution is 0.0722. The van der Waals surface area contributed by atoms with Gasteiger partial charge in [0, 0.05) is 19.2 Å². The van der Waals surface area contributed by atoms with Crippen LogP contribution in [-0.4, -0.2) is 28.1 Å². The van der Waals surface area contributed by atoms with Crippen molar-refractivity contribution in [3.63, 3.8) is 0 Å². The van der Waals surface area contributed by atoms with Crippen LogP contribution in [0.1, 0.15) is 21.6 Å². The first-order valence-electron chi connectivity index (χ1n) is 8.01. The Morgan fingerprint density at radius 1 is 0.840 bits per heavy atom. The Kier molecular flexibility index (Phi) is 5.36. The van der Waals surface area contributed by atoms with Crippen LogP contribution >= 0.6 is 0 Å². The van der Waals surface area contributed by atoms with Crippen molar-refractivity contribution in [2.45, 2.75) is 13.1 Å². The third-order valence-electron chi connectivity index (χ3n) is 3.79. The summed E-state index contributed by atoms with van der Waals surface area (Å²) in [7, 11) is 1.52. The van der Waals surface area contributed by atoms with E-state index in [1.54, 1.807) is 17.0 Å². The highest BCUT2D eigenvalue weighted by molar-refractivity contribution is 5.92. The first kappa shape index (κ1) is 16.6. The van der Waals surface area contributed by atoms with Crippen LogP contribution in [0, 0.1) is 0 Å². The molecule has 0 aliphatic heterocycles. The van der Waals surface area contributed by atoms with Crippen LogP contribution in [0.4, 0.5) is 0 Å². The van der Waals surface area contributed by atoms with E-state index in [1.165, 1.54) is 7.11 Å². The summed E-state index contributed by atoms with van der Waals surface area (Å²) < 4.78 is 5.00. The number of nitrogens with zero attached hydrogens (tertiary/aromatic N) is 3. The summed E-state index contributed by atoms with van der Waals surface area (Å²) >= 11 is 0. The van der Waals surface area contributed by atoms with Gasteiger partial charge in [-0.25, -0.2) is 0 Å². The zero-order valence-electron chi connectivity index (χ0n) is 14.0.